The van der Waals surface area contributed by atoms with E-state index in [1.807, 2.05) is 4.98 Å². The van der Waals surface area contributed by atoms with Gasteiger partial charge in [-0.25, -0.2) is 14.0 Å². The lowest BCUT2D eigenvalue weighted by Gasteiger charge is -2.12. The maximum Gasteiger partial charge on any atom is 0.342 e. The molecule has 0 aliphatic carbocycles. The molecule has 0 saturated carbocycles. The fourth-order valence-electron chi connectivity index (χ4n) is 2.81. The standard InChI is InChI=1S/C19H13FN2O5/c20-12-7-5-10(6-8-12)9-1-3-11(4-2-9)13-14(18(24)25)16(21)22-17(23)15(13)19(26)27/h1-8H,(H,24,25)(H,26,27)(H3,21,22,23). The number of halogens is 1. The van der Waals surface area contributed by atoms with Gasteiger partial charge in [0.25, 0.3) is 5.56 Å². The Kier molecular flexibility index (Phi) is 4.47. The number of nitrogens with two attached hydrogens (primary N) is 1. The lowest BCUT2D eigenvalue weighted by Crippen LogP contribution is -2.24. The van der Waals surface area contributed by atoms with E-state index in [0.717, 1.165) is 0 Å². The zero-order valence-corrected chi connectivity index (χ0v) is 13.7. The van der Waals surface area contributed by atoms with Crippen LogP contribution >= 0.6 is 0 Å². The van der Waals surface area contributed by atoms with Crippen LogP contribution in [0.5, 0.6) is 0 Å². The number of hydrogen-bond donors (Lipinski definition) is 4. The van der Waals surface area contributed by atoms with Crippen LogP contribution in [0, 0.1) is 5.82 Å². The summed E-state index contributed by atoms with van der Waals surface area (Å²) >= 11 is 0. The van der Waals surface area contributed by atoms with Crippen molar-refractivity contribution in [1.82, 2.24) is 4.98 Å². The maximum atomic E-state index is 13.0. The molecule has 3 rings (SSSR count). The molecule has 1 heterocycles. The molecule has 8 heteroatoms. The molecule has 0 amide bonds. The average molecular weight is 368 g/mol. The lowest BCUT2D eigenvalue weighted by atomic mass is 9.94. The molecule has 0 aliphatic heterocycles. The number of hydrogen-bond acceptors (Lipinski definition) is 4. The number of nitrogen functional groups attached to an aromatic ring is 1. The topological polar surface area (TPSA) is 133 Å². The van der Waals surface area contributed by atoms with Gasteiger partial charge in [-0.15, -0.1) is 0 Å². The number of anilines is 1. The number of H-pyrrole nitrogens is 1. The smallest absolute Gasteiger partial charge is 0.342 e. The number of nitrogens with one attached hydrogen (secondary N) is 1. The summed E-state index contributed by atoms with van der Waals surface area (Å²) in [4.78, 5) is 37.2. The fraction of sp³-hybridized carbons (Fsp3) is 0. The van der Waals surface area contributed by atoms with Gasteiger partial charge in [-0.3, -0.25) is 4.79 Å². The summed E-state index contributed by atoms with van der Waals surface area (Å²) in [7, 11) is 0. The Hall–Kier alpha value is -3.94. The van der Waals surface area contributed by atoms with Gasteiger partial charge in [-0.05, 0) is 28.8 Å². The Bertz CT molecular complexity index is 1100. The predicted octanol–water partition coefficient (Wildman–Crippen LogP) is 2.83. The van der Waals surface area contributed by atoms with Crippen LogP contribution in [0.25, 0.3) is 22.3 Å². The molecule has 0 unspecified atom stereocenters. The first-order chi connectivity index (χ1) is 12.8. The first kappa shape index (κ1) is 17.9. The molecule has 0 radical (unpaired) electrons. The molecule has 0 aliphatic rings. The minimum Gasteiger partial charge on any atom is -0.478 e. The molecule has 0 spiro atoms. The predicted molar refractivity (Wildman–Crippen MR) is 96.2 cm³/mol. The van der Waals surface area contributed by atoms with E-state index in [0.29, 0.717) is 11.1 Å². The van der Waals surface area contributed by atoms with Crippen molar-refractivity contribution >= 4 is 17.8 Å². The molecular formula is C19H13FN2O5. The van der Waals surface area contributed by atoms with Gasteiger partial charge in [0.1, 0.15) is 22.8 Å². The number of carboxylic acids is 2. The molecule has 136 valence electrons. The van der Waals surface area contributed by atoms with E-state index in [1.54, 1.807) is 24.3 Å². The van der Waals surface area contributed by atoms with Crippen LogP contribution in [0.15, 0.2) is 53.3 Å². The molecule has 0 fully saturated rings. The van der Waals surface area contributed by atoms with Crippen molar-refractivity contribution in [2.45, 2.75) is 0 Å². The number of carbonyl (C=O) groups is 2. The molecule has 3 aromatic rings. The Morgan fingerprint density at radius 3 is 1.74 bits per heavy atom. The molecular weight excluding hydrogens is 355 g/mol. The van der Waals surface area contributed by atoms with Crippen LogP contribution in [0.4, 0.5) is 10.2 Å². The number of carboxylic acid groups (broad SMARTS) is 2. The Labute approximate surface area is 151 Å². The summed E-state index contributed by atoms with van der Waals surface area (Å²) in [6.45, 7) is 0. The largest absolute Gasteiger partial charge is 0.478 e. The van der Waals surface area contributed by atoms with Crippen LogP contribution in [0.1, 0.15) is 20.7 Å². The van der Waals surface area contributed by atoms with Crippen LogP contribution in [-0.2, 0) is 0 Å². The van der Waals surface area contributed by atoms with Gasteiger partial charge >= 0.3 is 11.9 Å². The van der Waals surface area contributed by atoms with Crippen LogP contribution in [0.3, 0.4) is 0 Å². The number of rotatable bonds is 4. The van der Waals surface area contributed by atoms with Crippen LogP contribution in [0.2, 0.25) is 0 Å². The quantitative estimate of drug-likeness (QED) is 0.559. The minimum absolute atomic E-state index is 0.202. The monoisotopic (exact) mass is 368 g/mol. The molecule has 0 atom stereocenters. The van der Waals surface area contributed by atoms with Gasteiger partial charge in [0, 0.05) is 5.56 Å². The van der Waals surface area contributed by atoms with E-state index < -0.39 is 34.4 Å². The van der Waals surface area contributed by atoms with Gasteiger partial charge in [0.2, 0.25) is 0 Å². The molecule has 7 nitrogen and oxygen atoms in total. The van der Waals surface area contributed by atoms with Crippen molar-refractivity contribution in [2.24, 2.45) is 0 Å². The Balaban J connectivity index is 2.21. The summed E-state index contributed by atoms with van der Waals surface area (Å²) in [5.41, 5.74) is 4.73. The van der Waals surface area contributed by atoms with Crippen molar-refractivity contribution < 1.29 is 24.2 Å². The van der Waals surface area contributed by atoms with Gasteiger partial charge in [0.05, 0.1) is 0 Å². The second kappa shape index (κ2) is 6.75. The van der Waals surface area contributed by atoms with Crippen molar-refractivity contribution in [2.75, 3.05) is 5.73 Å². The van der Waals surface area contributed by atoms with Crippen molar-refractivity contribution in [3.63, 3.8) is 0 Å². The zero-order valence-electron chi connectivity index (χ0n) is 13.7. The number of benzene rings is 2. The van der Waals surface area contributed by atoms with Crippen molar-refractivity contribution in [1.29, 1.82) is 0 Å². The minimum atomic E-state index is -1.57. The number of aromatic nitrogens is 1. The summed E-state index contributed by atoms with van der Waals surface area (Å²) in [6.07, 6.45) is 0. The van der Waals surface area contributed by atoms with Gasteiger partial charge in [0.15, 0.2) is 0 Å². The van der Waals surface area contributed by atoms with E-state index in [9.17, 15) is 29.0 Å². The highest BCUT2D eigenvalue weighted by molar-refractivity contribution is 6.07. The molecule has 2 aromatic carbocycles. The third-order valence-corrected chi connectivity index (χ3v) is 4.02. The maximum absolute atomic E-state index is 13.0. The third kappa shape index (κ3) is 3.28. The molecule has 0 saturated heterocycles. The highest BCUT2D eigenvalue weighted by Crippen LogP contribution is 2.31. The van der Waals surface area contributed by atoms with E-state index in [4.69, 9.17) is 5.73 Å². The highest BCUT2D eigenvalue weighted by Gasteiger charge is 2.26. The SMILES string of the molecule is Nc1[nH]c(=O)c(C(=O)O)c(-c2ccc(-c3ccc(F)cc3)cc2)c1C(=O)O. The second-order valence-electron chi connectivity index (χ2n) is 5.69. The molecule has 5 N–H and O–H groups in total. The number of aromatic amines is 1. The third-order valence-electron chi connectivity index (χ3n) is 4.02. The van der Waals surface area contributed by atoms with Gasteiger partial charge in [-0.2, -0.15) is 0 Å². The molecule has 0 bridgehead atoms. The molecule has 1 aromatic heterocycles. The van der Waals surface area contributed by atoms with Crippen molar-refractivity contribution in [3.05, 3.63) is 75.8 Å². The number of aromatic carboxylic acids is 2. The van der Waals surface area contributed by atoms with Crippen LogP contribution < -0.4 is 11.3 Å². The Morgan fingerprint density at radius 2 is 1.26 bits per heavy atom. The lowest BCUT2D eigenvalue weighted by molar-refractivity contribution is 0.0695. The summed E-state index contributed by atoms with van der Waals surface area (Å²) in [5.74, 6) is -3.86. The van der Waals surface area contributed by atoms with Gasteiger partial charge in [-0.1, -0.05) is 36.4 Å². The first-order valence-corrected chi connectivity index (χ1v) is 7.68. The molecule has 27 heavy (non-hydrogen) atoms. The van der Waals surface area contributed by atoms with Crippen molar-refractivity contribution in [3.8, 4) is 22.3 Å². The van der Waals surface area contributed by atoms with E-state index in [2.05, 4.69) is 0 Å². The van der Waals surface area contributed by atoms with E-state index in [-0.39, 0.29) is 16.9 Å². The summed E-state index contributed by atoms with van der Waals surface area (Å²) < 4.78 is 13.0. The number of pyridine rings is 1. The normalized spacial score (nSPS) is 10.6. The van der Waals surface area contributed by atoms with Gasteiger partial charge < -0.3 is 20.9 Å². The highest BCUT2D eigenvalue weighted by atomic mass is 19.1. The first-order valence-electron chi connectivity index (χ1n) is 7.68. The Morgan fingerprint density at radius 1 is 0.815 bits per heavy atom. The van der Waals surface area contributed by atoms with E-state index in [1.165, 1.54) is 24.3 Å². The van der Waals surface area contributed by atoms with Crippen LogP contribution in [-0.4, -0.2) is 27.1 Å². The summed E-state index contributed by atoms with van der Waals surface area (Å²) in [6, 6.07) is 11.9. The zero-order chi connectivity index (χ0) is 19.7. The second-order valence-corrected chi connectivity index (χ2v) is 5.69. The fourth-order valence-corrected chi connectivity index (χ4v) is 2.81. The van der Waals surface area contributed by atoms with E-state index >= 15 is 0 Å². The summed E-state index contributed by atoms with van der Waals surface area (Å²) in [5, 5.41) is 18.8. The average Bonchev–Trinajstić information content (AvgIpc) is 2.61.